The molecule has 4 aromatic rings. The van der Waals surface area contributed by atoms with Crippen LogP contribution < -0.4 is 15.4 Å². The molecule has 0 radical (unpaired) electrons. The predicted octanol–water partition coefficient (Wildman–Crippen LogP) is 2.98. The van der Waals surface area contributed by atoms with Crippen molar-refractivity contribution in [1.82, 2.24) is 35.6 Å². The monoisotopic (exact) mass is 759 g/mol. The quantitative estimate of drug-likeness (QED) is 0.147. The molecule has 2 aromatic heterocycles. The van der Waals surface area contributed by atoms with Gasteiger partial charge in [0.2, 0.25) is 30.0 Å². The number of β-amino-alcohol motifs (C(OH)–C–C–N with tert-alkyl or cyclic N) is 1. The van der Waals surface area contributed by atoms with Crippen LogP contribution in [0.5, 0.6) is 5.75 Å². The highest BCUT2D eigenvalue weighted by Gasteiger charge is 2.43. The number of hydrogen-bond donors (Lipinski definition) is 4. The van der Waals surface area contributed by atoms with Gasteiger partial charge in [0.05, 0.1) is 23.9 Å². The van der Waals surface area contributed by atoms with Crippen molar-refractivity contribution in [2.75, 3.05) is 39.3 Å². The highest BCUT2D eigenvalue weighted by Crippen LogP contribution is 2.34. The fourth-order valence-electron chi connectivity index (χ4n) is 6.79. The SMILES string of the molecule is CC(C)(c1ncc(-c2ccc(F)cc2)o1)N1CCN(C[C@@H](O)C[C@@H](Cc2nnco2)C(=O)NC2c3ccccc3OC[C@H]2O)[C@H](C(=O)NCC(F)(F)F)C1. The number of oxazole rings is 1. The number of amides is 2. The van der Waals surface area contributed by atoms with Crippen molar-refractivity contribution >= 4 is 11.8 Å². The largest absolute Gasteiger partial charge is 0.490 e. The zero-order valence-corrected chi connectivity index (χ0v) is 29.5. The molecule has 14 nitrogen and oxygen atoms in total. The first-order chi connectivity index (χ1) is 25.7. The highest BCUT2D eigenvalue weighted by atomic mass is 19.4. The minimum Gasteiger partial charge on any atom is -0.490 e. The highest BCUT2D eigenvalue weighted by molar-refractivity contribution is 5.82. The number of nitrogens with one attached hydrogen (secondary N) is 2. The molecule has 18 heteroatoms. The molecule has 0 spiro atoms. The maximum Gasteiger partial charge on any atom is 0.405 e. The van der Waals surface area contributed by atoms with Crippen LogP contribution in [0.15, 0.2) is 70.0 Å². The van der Waals surface area contributed by atoms with E-state index in [4.69, 9.17) is 13.6 Å². The molecule has 54 heavy (non-hydrogen) atoms. The van der Waals surface area contributed by atoms with E-state index in [0.29, 0.717) is 29.2 Å². The lowest BCUT2D eigenvalue weighted by molar-refractivity contribution is -0.145. The maximum absolute atomic E-state index is 13.8. The van der Waals surface area contributed by atoms with Crippen LogP contribution in [0.2, 0.25) is 0 Å². The van der Waals surface area contributed by atoms with Crippen molar-refractivity contribution in [1.29, 1.82) is 0 Å². The van der Waals surface area contributed by atoms with E-state index in [2.05, 4.69) is 20.5 Å². The molecule has 1 saturated heterocycles. The van der Waals surface area contributed by atoms with E-state index in [0.717, 1.165) is 6.39 Å². The molecule has 0 bridgehead atoms. The lowest BCUT2D eigenvalue weighted by atomic mass is 9.93. The van der Waals surface area contributed by atoms with Gasteiger partial charge in [-0.25, -0.2) is 9.37 Å². The minimum absolute atomic E-state index is 0.0507. The smallest absolute Gasteiger partial charge is 0.405 e. The number of para-hydroxylation sites is 1. The lowest BCUT2D eigenvalue weighted by Crippen LogP contribution is -2.63. The van der Waals surface area contributed by atoms with Gasteiger partial charge in [0.15, 0.2) is 5.76 Å². The number of benzene rings is 2. The molecule has 2 aromatic carbocycles. The number of halogens is 4. The fraction of sp³-hybridized carbons (Fsp3) is 0.472. The van der Waals surface area contributed by atoms with Crippen LogP contribution in [0.1, 0.15) is 43.7 Å². The second kappa shape index (κ2) is 16.2. The molecule has 4 heterocycles. The summed E-state index contributed by atoms with van der Waals surface area (Å²) < 4.78 is 70.0. The Morgan fingerprint density at radius 2 is 1.85 bits per heavy atom. The topological polar surface area (TPSA) is 179 Å². The zero-order valence-electron chi connectivity index (χ0n) is 29.5. The van der Waals surface area contributed by atoms with Crippen LogP contribution in [-0.4, -0.2) is 111 Å². The minimum atomic E-state index is -4.66. The van der Waals surface area contributed by atoms with Gasteiger partial charge in [0.1, 0.15) is 36.9 Å². The van der Waals surface area contributed by atoms with E-state index in [1.54, 1.807) is 55.1 Å². The van der Waals surface area contributed by atoms with Gasteiger partial charge in [-0.1, -0.05) is 18.2 Å². The van der Waals surface area contributed by atoms with Gasteiger partial charge in [0.25, 0.3) is 0 Å². The third-order valence-electron chi connectivity index (χ3n) is 9.75. The van der Waals surface area contributed by atoms with Gasteiger partial charge < -0.3 is 34.4 Å². The van der Waals surface area contributed by atoms with Crippen LogP contribution in [0, 0.1) is 11.7 Å². The Kier molecular flexibility index (Phi) is 11.7. The molecule has 0 saturated carbocycles. The molecular formula is C36H41F4N7O7. The second-order valence-corrected chi connectivity index (χ2v) is 13.9. The lowest BCUT2D eigenvalue weighted by Gasteiger charge is -2.46. The zero-order chi connectivity index (χ0) is 38.6. The number of aliphatic hydroxyl groups excluding tert-OH is 2. The van der Waals surface area contributed by atoms with E-state index in [9.17, 15) is 37.4 Å². The maximum atomic E-state index is 13.8. The molecule has 4 N–H and O–H groups in total. The number of rotatable bonds is 13. The molecule has 290 valence electrons. The average molecular weight is 760 g/mol. The summed E-state index contributed by atoms with van der Waals surface area (Å²) in [5, 5.41) is 34.5. The summed E-state index contributed by atoms with van der Waals surface area (Å²) in [6.45, 7) is 2.26. The van der Waals surface area contributed by atoms with Crippen LogP contribution in [0.4, 0.5) is 17.6 Å². The van der Waals surface area contributed by atoms with E-state index in [1.165, 1.54) is 18.3 Å². The van der Waals surface area contributed by atoms with E-state index in [-0.39, 0.29) is 50.9 Å². The van der Waals surface area contributed by atoms with Crippen molar-refractivity contribution in [3.63, 3.8) is 0 Å². The molecule has 2 aliphatic rings. The number of alkyl halides is 3. The third kappa shape index (κ3) is 9.23. The van der Waals surface area contributed by atoms with E-state index < -0.39 is 66.1 Å². The Balaban J connectivity index is 1.17. The Morgan fingerprint density at radius 3 is 2.57 bits per heavy atom. The number of carbonyl (C=O) groups excluding carboxylic acids is 2. The van der Waals surface area contributed by atoms with Crippen LogP contribution in [-0.2, 0) is 21.5 Å². The number of ether oxygens (including phenoxy) is 1. The molecular weight excluding hydrogens is 718 g/mol. The Hall–Kier alpha value is -4.91. The molecule has 5 atom stereocenters. The van der Waals surface area contributed by atoms with Gasteiger partial charge in [-0.2, -0.15) is 13.2 Å². The van der Waals surface area contributed by atoms with Gasteiger partial charge in [-0.05, 0) is 50.6 Å². The number of hydrogen-bond acceptors (Lipinski definition) is 12. The van der Waals surface area contributed by atoms with Crippen LogP contribution >= 0.6 is 0 Å². The van der Waals surface area contributed by atoms with Gasteiger partial charge in [-0.15, -0.1) is 10.2 Å². The molecule has 2 aliphatic heterocycles. The van der Waals surface area contributed by atoms with Crippen molar-refractivity contribution in [2.24, 2.45) is 5.92 Å². The standard InChI is InChI=1S/C36H41F4N7O7/c1-35(2,34-41-15-29(54-34)21-7-9-23(37)10-8-21)47-12-11-46(26(17-47)33(51)42-19-36(38,39)40)16-24(48)13-22(14-30-45-43-20-53-30)32(50)44-31-25-5-3-4-6-28(25)52-18-27(31)49/h3-10,15,20,22,24,26-27,31,48-49H,11-14,16-19H2,1-2H3,(H,42,51)(H,44,50)/t22-,24-,26-,27+,31?/m0/s1. The predicted molar refractivity (Wildman–Crippen MR) is 182 cm³/mol. The molecule has 6 rings (SSSR count). The number of piperazine rings is 1. The Labute approximate surface area is 307 Å². The van der Waals surface area contributed by atoms with Gasteiger partial charge >= 0.3 is 6.18 Å². The van der Waals surface area contributed by atoms with Crippen molar-refractivity contribution in [3.05, 3.63) is 84.3 Å². The normalized spacial score (nSPS) is 20.8. The van der Waals surface area contributed by atoms with Crippen LogP contribution in [0.25, 0.3) is 11.3 Å². The molecule has 2 amide bonds. The fourth-order valence-corrected chi connectivity index (χ4v) is 6.79. The van der Waals surface area contributed by atoms with E-state index >= 15 is 0 Å². The summed E-state index contributed by atoms with van der Waals surface area (Å²) >= 11 is 0. The van der Waals surface area contributed by atoms with Gasteiger partial charge in [0, 0.05) is 49.6 Å². The number of carbonyl (C=O) groups is 2. The number of aromatic nitrogens is 3. The first kappa shape index (κ1) is 38.8. The summed E-state index contributed by atoms with van der Waals surface area (Å²) in [4.78, 5) is 35.0. The number of nitrogens with zero attached hydrogens (tertiary/aromatic N) is 5. The molecule has 1 unspecified atom stereocenters. The first-order valence-electron chi connectivity index (χ1n) is 17.4. The molecule has 0 aliphatic carbocycles. The second-order valence-electron chi connectivity index (χ2n) is 13.9. The summed E-state index contributed by atoms with van der Waals surface area (Å²) in [6.07, 6.45) is -4.56. The summed E-state index contributed by atoms with van der Waals surface area (Å²) in [7, 11) is 0. The Bertz CT molecular complexity index is 1870. The van der Waals surface area contributed by atoms with Crippen LogP contribution in [0.3, 0.4) is 0 Å². The summed E-state index contributed by atoms with van der Waals surface area (Å²) in [6, 6.07) is 10.7. The Morgan fingerprint density at radius 1 is 1.09 bits per heavy atom. The average Bonchev–Trinajstić information content (AvgIpc) is 3.85. The molecule has 1 fully saturated rings. The van der Waals surface area contributed by atoms with Crippen molar-refractivity contribution < 1.29 is 50.9 Å². The number of aliphatic hydroxyl groups is 2. The van der Waals surface area contributed by atoms with E-state index in [1.807, 2.05) is 10.2 Å². The summed E-state index contributed by atoms with van der Waals surface area (Å²) in [5.74, 6) is -1.48. The number of fused-ring (bicyclic) bond motifs is 1. The summed E-state index contributed by atoms with van der Waals surface area (Å²) in [5.41, 5.74) is 0.229. The van der Waals surface area contributed by atoms with Crippen molar-refractivity contribution in [2.45, 2.75) is 62.7 Å². The van der Waals surface area contributed by atoms with Crippen molar-refractivity contribution in [3.8, 4) is 17.1 Å². The third-order valence-corrected chi connectivity index (χ3v) is 9.75. The first-order valence-corrected chi connectivity index (χ1v) is 17.4. The van der Waals surface area contributed by atoms with Gasteiger partial charge in [-0.3, -0.25) is 19.4 Å².